The molecule has 0 radical (unpaired) electrons. The van der Waals surface area contributed by atoms with Gasteiger partial charge in [0.1, 0.15) is 5.82 Å². The summed E-state index contributed by atoms with van der Waals surface area (Å²) in [5.74, 6) is -0.221. The molecule has 1 amide bonds. The molecule has 0 saturated carbocycles. The van der Waals surface area contributed by atoms with Crippen LogP contribution in [0.1, 0.15) is 37.9 Å². The number of benzene rings is 1. The van der Waals surface area contributed by atoms with Gasteiger partial charge in [-0.05, 0) is 44.4 Å². The minimum Gasteiger partial charge on any atom is -0.340 e. The fourth-order valence-corrected chi connectivity index (χ4v) is 4.53. The number of carbonyl (C=O) groups is 1. The Balaban J connectivity index is 1.56. The summed E-state index contributed by atoms with van der Waals surface area (Å²) < 4.78 is 15.8. The summed E-state index contributed by atoms with van der Waals surface area (Å²) in [5, 5.41) is 0. The number of halogens is 1. The maximum absolute atomic E-state index is 13.5. The molecule has 2 aliphatic heterocycles. The van der Waals surface area contributed by atoms with Crippen molar-refractivity contribution < 1.29 is 9.18 Å². The zero-order chi connectivity index (χ0) is 19.0. The van der Waals surface area contributed by atoms with E-state index in [1.54, 1.807) is 6.07 Å². The van der Waals surface area contributed by atoms with Crippen LogP contribution in [0.2, 0.25) is 0 Å². The lowest BCUT2D eigenvalue weighted by Gasteiger charge is -2.50. The van der Waals surface area contributed by atoms with Gasteiger partial charge in [0, 0.05) is 38.4 Å². The van der Waals surface area contributed by atoms with Crippen molar-refractivity contribution in [1.29, 1.82) is 0 Å². The van der Waals surface area contributed by atoms with Crippen molar-refractivity contribution in [3.8, 4) is 0 Å². The number of rotatable bonds is 3. The zero-order valence-electron chi connectivity index (χ0n) is 16.1. The molecule has 27 heavy (non-hydrogen) atoms. The summed E-state index contributed by atoms with van der Waals surface area (Å²) >= 11 is 0. The van der Waals surface area contributed by atoms with Crippen LogP contribution in [0.3, 0.4) is 0 Å². The van der Waals surface area contributed by atoms with Crippen LogP contribution in [-0.4, -0.2) is 50.9 Å². The van der Waals surface area contributed by atoms with Gasteiger partial charge in [-0.3, -0.25) is 9.69 Å². The Kier molecular flexibility index (Phi) is 4.76. The Morgan fingerprint density at radius 2 is 2.19 bits per heavy atom. The molecule has 1 atom stereocenters. The van der Waals surface area contributed by atoms with E-state index in [1.807, 2.05) is 23.5 Å². The van der Waals surface area contributed by atoms with Crippen molar-refractivity contribution >= 4 is 5.91 Å². The molecular weight excluding hydrogens is 343 g/mol. The highest BCUT2D eigenvalue weighted by Gasteiger charge is 2.44. The normalized spacial score (nSPS) is 23.0. The van der Waals surface area contributed by atoms with Gasteiger partial charge in [0.2, 0.25) is 5.91 Å². The quantitative estimate of drug-likeness (QED) is 0.834. The third kappa shape index (κ3) is 3.50. The molecule has 1 spiro atoms. The lowest BCUT2D eigenvalue weighted by atomic mass is 9.85. The minimum atomic E-state index is -0.293. The van der Waals surface area contributed by atoms with Crippen LogP contribution in [-0.2, 0) is 23.3 Å². The molecular formula is C21H27FN4O. The first-order chi connectivity index (χ1) is 13.0. The number of fused-ring (bicyclic) bond motifs is 2. The van der Waals surface area contributed by atoms with Crippen LogP contribution in [0.4, 0.5) is 4.39 Å². The highest BCUT2D eigenvalue weighted by atomic mass is 19.1. The maximum atomic E-state index is 13.5. The SMILES string of the molecule is CC(C)N1Cc2cncn2C2(CCCN(C(=O)Cc3cccc(F)c3)C2)C1. The van der Waals surface area contributed by atoms with Gasteiger partial charge in [-0.25, -0.2) is 9.37 Å². The van der Waals surface area contributed by atoms with E-state index in [0.717, 1.165) is 38.0 Å². The number of likely N-dealkylation sites (tertiary alicyclic amines) is 1. The summed E-state index contributed by atoms with van der Waals surface area (Å²) in [6, 6.07) is 6.79. The second-order valence-corrected chi connectivity index (χ2v) is 8.20. The smallest absolute Gasteiger partial charge is 0.227 e. The summed E-state index contributed by atoms with van der Waals surface area (Å²) in [4.78, 5) is 21.8. The number of carbonyl (C=O) groups excluding carboxylic acids is 1. The molecule has 0 bridgehead atoms. The third-order valence-corrected chi connectivity index (χ3v) is 5.97. The highest BCUT2D eigenvalue weighted by molar-refractivity contribution is 5.79. The minimum absolute atomic E-state index is 0.0722. The first-order valence-corrected chi connectivity index (χ1v) is 9.75. The van der Waals surface area contributed by atoms with E-state index < -0.39 is 0 Å². The fourth-order valence-electron chi connectivity index (χ4n) is 4.53. The van der Waals surface area contributed by atoms with Crippen LogP contribution >= 0.6 is 0 Å². The molecule has 3 heterocycles. The average molecular weight is 370 g/mol. The standard InChI is InChI=1S/C21H27FN4O/c1-16(2)25-12-19-11-23-15-26(19)21(14-25)7-4-8-24(13-21)20(27)10-17-5-3-6-18(22)9-17/h3,5-6,9,11,15-16H,4,7-8,10,12-14H2,1-2H3. The van der Waals surface area contributed by atoms with Gasteiger partial charge in [-0.2, -0.15) is 0 Å². The predicted molar refractivity (Wildman–Crippen MR) is 102 cm³/mol. The molecule has 5 nitrogen and oxygen atoms in total. The summed E-state index contributed by atoms with van der Waals surface area (Å²) in [5.41, 5.74) is 1.83. The molecule has 1 saturated heterocycles. The number of aromatic nitrogens is 2. The molecule has 1 unspecified atom stereocenters. The molecule has 1 aromatic carbocycles. The van der Waals surface area contributed by atoms with Gasteiger partial charge < -0.3 is 9.47 Å². The average Bonchev–Trinajstić information content (AvgIpc) is 3.11. The molecule has 0 aliphatic carbocycles. The number of piperidine rings is 1. The molecule has 4 rings (SSSR count). The molecule has 6 heteroatoms. The Labute approximate surface area is 159 Å². The van der Waals surface area contributed by atoms with Crippen molar-refractivity contribution in [2.75, 3.05) is 19.6 Å². The fraction of sp³-hybridized carbons (Fsp3) is 0.524. The predicted octanol–water partition coefficient (Wildman–Crippen LogP) is 2.81. The highest BCUT2D eigenvalue weighted by Crippen LogP contribution is 2.36. The lowest BCUT2D eigenvalue weighted by molar-refractivity contribution is -0.134. The van der Waals surface area contributed by atoms with Crippen LogP contribution < -0.4 is 0 Å². The number of imidazole rings is 1. The van der Waals surface area contributed by atoms with E-state index in [9.17, 15) is 9.18 Å². The van der Waals surface area contributed by atoms with Crippen molar-refractivity contribution in [1.82, 2.24) is 19.4 Å². The Hall–Kier alpha value is -2.21. The van der Waals surface area contributed by atoms with Gasteiger partial charge in [0.25, 0.3) is 0 Å². The number of hydrogen-bond donors (Lipinski definition) is 0. The molecule has 1 fully saturated rings. The molecule has 2 aromatic rings. The summed E-state index contributed by atoms with van der Waals surface area (Å²) in [7, 11) is 0. The van der Waals surface area contributed by atoms with E-state index in [0.29, 0.717) is 12.6 Å². The van der Waals surface area contributed by atoms with E-state index in [-0.39, 0.29) is 23.7 Å². The van der Waals surface area contributed by atoms with Gasteiger partial charge in [-0.1, -0.05) is 12.1 Å². The number of nitrogens with zero attached hydrogens (tertiary/aromatic N) is 4. The molecule has 1 aromatic heterocycles. The number of hydrogen-bond acceptors (Lipinski definition) is 3. The van der Waals surface area contributed by atoms with Gasteiger partial charge in [0.15, 0.2) is 0 Å². The van der Waals surface area contributed by atoms with E-state index >= 15 is 0 Å². The number of amides is 1. The summed E-state index contributed by atoms with van der Waals surface area (Å²) in [6.07, 6.45) is 6.14. The second kappa shape index (κ2) is 7.08. The van der Waals surface area contributed by atoms with Crippen LogP contribution in [0.5, 0.6) is 0 Å². The van der Waals surface area contributed by atoms with Crippen LogP contribution in [0, 0.1) is 5.82 Å². The van der Waals surface area contributed by atoms with Gasteiger partial charge in [-0.15, -0.1) is 0 Å². The van der Waals surface area contributed by atoms with Crippen molar-refractivity contribution in [3.05, 3.63) is 53.9 Å². The van der Waals surface area contributed by atoms with Crippen molar-refractivity contribution in [3.63, 3.8) is 0 Å². The van der Waals surface area contributed by atoms with E-state index in [2.05, 4.69) is 28.3 Å². The Morgan fingerprint density at radius 3 is 2.96 bits per heavy atom. The third-order valence-electron chi connectivity index (χ3n) is 5.97. The van der Waals surface area contributed by atoms with Gasteiger partial charge >= 0.3 is 0 Å². The first-order valence-electron chi connectivity index (χ1n) is 9.75. The van der Waals surface area contributed by atoms with E-state index in [1.165, 1.54) is 17.8 Å². The monoisotopic (exact) mass is 370 g/mol. The lowest BCUT2D eigenvalue weighted by Crippen LogP contribution is -2.60. The largest absolute Gasteiger partial charge is 0.340 e. The molecule has 144 valence electrons. The molecule has 0 N–H and O–H groups in total. The van der Waals surface area contributed by atoms with Gasteiger partial charge in [0.05, 0.1) is 24.0 Å². The van der Waals surface area contributed by atoms with Crippen molar-refractivity contribution in [2.24, 2.45) is 0 Å². The van der Waals surface area contributed by atoms with Crippen molar-refractivity contribution in [2.45, 2.75) is 51.2 Å². The van der Waals surface area contributed by atoms with E-state index in [4.69, 9.17) is 0 Å². The maximum Gasteiger partial charge on any atom is 0.227 e. The Bertz CT molecular complexity index is 833. The second-order valence-electron chi connectivity index (χ2n) is 8.20. The molecule has 2 aliphatic rings. The Morgan fingerprint density at radius 1 is 1.33 bits per heavy atom. The first kappa shape index (κ1) is 18.2. The summed E-state index contributed by atoms with van der Waals surface area (Å²) in [6.45, 7) is 7.72. The van der Waals surface area contributed by atoms with Crippen LogP contribution in [0.25, 0.3) is 0 Å². The zero-order valence-corrected chi connectivity index (χ0v) is 16.1. The topological polar surface area (TPSA) is 41.4 Å². The van der Waals surface area contributed by atoms with Crippen LogP contribution in [0.15, 0.2) is 36.8 Å².